The van der Waals surface area contributed by atoms with Crippen LogP contribution in [0.4, 0.5) is 65.9 Å². The topological polar surface area (TPSA) is 0 Å². The number of halogens is 15. The van der Waals surface area contributed by atoms with Crippen LogP contribution >= 0.6 is 0 Å². The van der Waals surface area contributed by atoms with Crippen LogP contribution in [-0.2, 0) is 0 Å². The van der Waals surface area contributed by atoms with E-state index in [0.717, 1.165) is 6.92 Å². The van der Waals surface area contributed by atoms with Gasteiger partial charge in [-0.3, -0.25) is 0 Å². The zero-order valence-electron chi connectivity index (χ0n) is 21.9. The fraction of sp³-hybridized carbons (Fsp3) is 0.231. The van der Waals surface area contributed by atoms with Crippen LogP contribution in [0.25, 0.3) is 5.47 Å². The van der Waals surface area contributed by atoms with Gasteiger partial charge < -0.3 is 0 Å². The summed E-state index contributed by atoms with van der Waals surface area (Å²) in [7, 11) is -3.43. The number of allylic oxidation sites excluding steroid dienone is 1. The molecule has 230 valence electrons. The van der Waals surface area contributed by atoms with Gasteiger partial charge in [0.2, 0.25) is 18.3 Å². The molecule has 2 atom stereocenters. The molecule has 1 heterocycles. The van der Waals surface area contributed by atoms with Crippen LogP contribution in [0.15, 0.2) is 5.20 Å². The lowest BCUT2D eigenvalue weighted by molar-refractivity contribution is 0.365. The van der Waals surface area contributed by atoms with Crippen molar-refractivity contribution in [2.75, 3.05) is 0 Å². The molecule has 17 heteroatoms. The van der Waals surface area contributed by atoms with E-state index in [1.165, 1.54) is 19.6 Å². The van der Waals surface area contributed by atoms with Crippen LogP contribution in [0.1, 0.15) is 23.9 Å². The van der Waals surface area contributed by atoms with E-state index in [1.807, 2.05) is 0 Å². The summed E-state index contributed by atoms with van der Waals surface area (Å²) >= 11 is 0. The van der Waals surface area contributed by atoms with E-state index in [-0.39, 0.29) is 0 Å². The first-order valence-corrected chi connectivity index (χ1v) is 15.5. The Kier molecular flexibility index (Phi) is 8.07. The molecular weight excluding hydrogens is 636 g/mol. The highest BCUT2D eigenvalue weighted by Gasteiger charge is 2.55. The molecule has 0 aromatic heterocycles. The molecule has 0 aliphatic carbocycles. The van der Waals surface area contributed by atoms with Gasteiger partial charge in [-0.05, 0) is 11.7 Å². The van der Waals surface area contributed by atoms with Crippen molar-refractivity contribution in [1.82, 2.24) is 0 Å². The van der Waals surface area contributed by atoms with Crippen molar-refractivity contribution >= 4 is 25.7 Å². The summed E-state index contributed by atoms with van der Waals surface area (Å²) < 4.78 is 220. The van der Waals surface area contributed by atoms with Gasteiger partial charge in [0.1, 0.15) is 0 Å². The molecule has 3 aromatic carbocycles. The minimum absolute atomic E-state index is 0.487. The van der Waals surface area contributed by atoms with Crippen molar-refractivity contribution in [3.05, 3.63) is 104 Å². The Hall–Kier alpha value is -3.37. The molecular formula is C26H14BF15Si. The smallest absolute Gasteiger partial charge is 0.204 e. The molecule has 0 unspecified atom stereocenters. The molecule has 0 bridgehead atoms. The fourth-order valence-electron chi connectivity index (χ4n) is 5.83. The molecule has 0 saturated heterocycles. The van der Waals surface area contributed by atoms with Gasteiger partial charge in [-0.25, -0.2) is 65.9 Å². The zero-order valence-corrected chi connectivity index (χ0v) is 22.9. The monoisotopic (exact) mass is 650 g/mol. The fourth-order valence-corrected chi connectivity index (χ4v) is 8.46. The summed E-state index contributed by atoms with van der Waals surface area (Å²) in [5, 5.41) is -0.487. The third-order valence-corrected chi connectivity index (χ3v) is 9.71. The van der Waals surface area contributed by atoms with Crippen molar-refractivity contribution in [1.29, 1.82) is 0 Å². The average molecular weight is 650 g/mol. The minimum Gasteiger partial charge on any atom is -0.204 e. The van der Waals surface area contributed by atoms with Gasteiger partial charge in [0.15, 0.2) is 75.6 Å². The lowest BCUT2D eigenvalue weighted by atomic mass is 9.32. The molecule has 1 aliphatic rings. The second-order valence-corrected chi connectivity index (χ2v) is 15.8. The third-order valence-electron chi connectivity index (χ3n) is 7.37. The van der Waals surface area contributed by atoms with Crippen molar-refractivity contribution in [2.24, 2.45) is 5.92 Å². The van der Waals surface area contributed by atoms with Gasteiger partial charge in [0.25, 0.3) is 0 Å². The Morgan fingerprint density at radius 1 is 0.442 bits per heavy atom. The Balaban J connectivity index is 2.34. The van der Waals surface area contributed by atoms with Gasteiger partial charge in [0, 0.05) is 16.6 Å². The quantitative estimate of drug-likeness (QED) is 0.115. The Labute approximate surface area is 233 Å². The SMILES string of the molecule is C[C@@H]1C([Si](C)(C)C)=C(c2c(F)c(F)c(F)c(F)c2F)B(c2c(F)c(F)c(F)c(F)c2F)[C@@H]1c1c(F)c(F)c(F)c(F)c1F. The minimum atomic E-state index is -3.43. The first-order valence-electron chi connectivity index (χ1n) is 12.0. The van der Waals surface area contributed by atoms with E-state index in [2.05, 4.69) is 0 Å². The van der Waals surface area contributed by atoms with Gasteiger partial charge in [-0.2, -0.15) is 0 Å². The average Bonchev–Trinajstić information content (AvgIpc) is 3.23. The molecule has 0 fully saturated rings. The van der Waals surface area contributed by atoms with E-state index in [1.54, 1.807) is 0 Å². The summed E-state index contributed by atoms with van der Waals surface area (Å²) in [6.07, 6.45) is 0. The summed E-state index contributed by atoms with van der Waals surface area (Å²) in [5.74, 6) is -44.4. The van der Waals surface area contributed by atoms with Gasteiger partial charge in [0.05, 0.1) is 8.07 Å². The predicted molar refractivity (Wildman–Crippen MR) is 126 cm³/mol. The molecule has 0 N–H and O–H groups in total. The molecule has 43 heavy (non-hydrogen) atoms. The van der Waals surface area contributed by atoms with E-state index in [0.29, 0.717) is 0 Å². The second kappa shape index (κ2) is 10.7. The zero-order chi connectivity index (χ0) is 32.8. The maximum atomic E-state index is 15.3. The highest BCUT2D eigenvalue weighted by atomic mass is 28.3. The van der Waals surface area contributed by atoms with Crippen LogP contribution < -0.4 is 5.46 Å². The first kappa shape index (κ1) is 32.5. The van der Waals surface area contributed by atoms with Crippen molar-refractivity contribution in [3.63, 3.8) is 0 Å². The molecule has 0 radical (unpaired) electrons. The van der Waals surface area contributed by atoms with Gasteiger partial charge in [-0.1, -0.05) is 37.2 Å². The van der Waals surface area contributed by atoms with Crippen LogP contribution in [0, 0.1) is 93.2 Å². The highest BCUT2D eigenvalue weighted by Crippen LogP contribution is 2.52. The van der Waals surface area contributed by atoms with Gasteiger partial charge >= 0.3 is 0 Å². The predicted octanol–water partition coefficient (Wildman–Crippen LogP) is 8.32. The lowest BCUT2D eigenvalue weighted by Crippen LogP contribution is -2.44. The summed E-state index contributed by atoms with van der Waals surface area (Å²) in [6, 6.07) is 0. The van der Waals surface area contributed by atoms with E-state index < -0.39 is 141 Å². The first-order chi connectivity index (χ1) is 19.7. The summed E-state index contributed by atoms with van der Waals surface area (Å²) in [4.78, 5) is 0. The number of hydrogen-bond donors (Lipinski definition) is 0. The maximum Gasteiger partial charge on any atom is 0.226 e. The van der Waals surface area contributed by atoms with E-state index in [9.17, 15) is 39.5 Å². The number of hydrogen-bond acceptors (Lipinski definition) is 0. The molecule has 0 saturated carbocycles. The molecule has 0 nitrogen and oxygen atoms in total. The standard InChI is InChI=1S/C26H14BF15Si/c1-5-8(6-11(28)17(34)23(40)18(35)12(6)29)27(10-15(32)21(38)25(42)22(39)16(10)33)9(26(5)43(2,3)4)7-13(30)19(36)24(41)20(37)14(7)31/h5,8H,1-4H3/t5-,8-/m0/s1. The number of rotatable bonds is 4. The van der Waals surface area contributed by atoms with E-state index in [4.69, 9.17) is 0 Å². The third kappa shape index (κ3) is 4.56. The normalized spacial score (nSPS) is 17.5. The van der Waals surface area contributed by atoms with Crippen LogP contribution in [0.3, 0.4) is 0 Å². The maximum absolute atomic E-state index is 15.3. The molecule has 1 aliphatic heterocycles. The Morgan fingerprint density at radius 2 is 0.744 bits per heavy atom. The van der Waals surface area contributed by atoms with Crippen LogP contribution in [0.2, 0.25) is 19.6 Å². The lowest BCUT2D eigenvalue weighted by Gasteiger charge is -2.29. The molecule has 0 amide bonds. The Bertz CT molecular complexity index is 1660. The molecule has 4 rings (SSSR count). The largest absolute Gasteiger partial charge is 0.226 e. The van der Waals surface area contributed by atoms with Crippen LogP contribution in [0.5, 0.6) is 0 Å². The summed E-state index contributed by atoms with van der Waals surface area (Å²) in [5.41, 5.74) is -7.21. The number of benzene rings is 3. The van der Waals surface area contributed by atoms with E-state index >= 15 is 26.3 Å². The highest BCUT2D eigenvalue weighted by molar-refractivity contribution is 6.97. The Morgan fingerprint density at radius 3 is 1.09 bits per heavy atom. The van der Waals surface area contributed by atoms with Crippen molar-refractivity contribution in [3.8, 4) is 0 Å². The molecule has 3 aromatic rings. The van der Waals surface area contributed by atoms with Crippen LogP contribution in [-0.4, -0.2) is 14.8 Å². The molecule has 0 spiro atoms. The second-order valence-electron chi connectivity index (χ2n) is 10.8. The van der Waals surface area contributed by atoms with Gasteiger partial charge in [-0.15, -0.1) is 0 Å². The summed E-state index contributed by atoms with van der Waals surface area (Å²) in [6.45, 7) is 1.89. The van der Waals surface area contributed by atoms with Crippen molar-refractivity contribution in [2.45, 2.75) is 32.4 Å². The van der Waals surface area contributed by atoms with Crippen molar-refractivity contribution < 1.29 is 65.9 Å².